The summed E-state index contributed by atoms with van der Waals surface area (Å²) in [5.41, 5.74) is -0.473. The first-order valence-corrected chi connectivity index (χ1v) is 9.15. The molecule has 0 radical (unpaired) electrons. The Hall–Kier alpha value is -1.37. The third-order valence-electron chi connectivity index (χ3n) is 4.63. The van der Waals surface area contributed by atoms with Gasteiger partial charge >= 0.3 is 0 Å². The summed E-state index contributed by atoms with van der Waals surface area (Å²) < 4.78 is 1.59. The summed E-state index contributed by atoms with van der Waals surface area (Å²) in [4.78, 5) is 15.5. The molecule has 2 atom stereocenters. The van der Waals surface area contributed by atoms with Crippen molar-refractivity contribution in [2.45, 2.75) is 44.0 Å². The van der Waals surface area contributed by atoms with Gasteiger partial charge in [0.25, 0.3) is 0 Å². The number of hydrogen-bond acceptors (Lipinski definition) is 5. The molecule has 0 spiro atoms. The Bertz CT molecular complexity index is 747. The fourth-order valence-electron chi connectivity index (χ4n) is 3.07. The number of nitrogens with zero attached hydrogens (tertiary/aromatic N) is 3. The summed E-state index contributed by atoms with van der Waals surface area (Å²) in [5.74, 6) is 0.496. The van der Waals surface area contributed by atoms with Gasteiger partial charge in [0, 0.05) is 17.5 Å². The molecule has 1 heterocycles. The Kier molecular flexibility index (Phi) is 4.99. The van der Waals surface area contributed by atoms with Gasteiger partial charge in [-0.3, -0.25) is 4.79 Å². The first kappa shape index (κ1) is 17.5. The minimum atomic E-state index is -1.17. The van der Waals surface area contributed by atoms with Crippen LogP contribution in [0.15, 0.2) is 35.7 Å². The number of hydrogen-bond donors (Lipinski definition) is 1. The van der Waals surface area contributed by atoms with Crippen molar-refractivity contribution in [3.63, 3.8) is 0 Å². The van der Waals surface area contributed by atoms with Crippen molar-refractivity contribution < 1.29 is 9.90 Å². The monoisotopic (exact) mass is 365 g/mol. The number of rotatable bonds is 6. The summed E-state index contributed by atoms with van der Waals surface area (Å²) in [7, 11) is 0. The maximum absolute atomic E-state index is 11.6. The quantitative estimate of drug-likeness (QED) is 0.793. The molecule has 0 saturated heterocycles. The second-order valence-corrected chi connectivity index (χ2v) is 7.88. The molecule has 1 aromatic heterocycles. The molecule has 128 valence electrons. The highest BCUT2D eigenvalue weighted by atomic mass is 35.5. The van der Waals surface area contributed by atoms with Gasteiger partial charge in [0.05, 0.1) is 6.54 Å². The molecule has 0 amide bonds. The maximum Gasteiger partial charge on any atom is 0.193 e. The first-order chi connectivity index (χ1) is 11.4. The molecule has 1 aromatic carbocycles. The summed E-state index contributed by atoms with van der Waals surface area (Å²) in [5, 5.41) is 16.8. The lowest BCUT2D eigenvalue weighted by Crippen LogP contribution is -2.40. The molecule has 0 bridgehead atoms. The van der Waals surface area contributed by atoms with Gasteiger partial charge in [-0.2, -0.15) is 5.10 Å². The van der Waals surface area contributed by atoms with Crippen molar-refractivity contribution in [1.29, 1.82) is 0 Å². The van der Waals surface area contributed by atoms with Crippen LogP contribution in [0.2, 0.25) is 5.02 Å². The molecular weight excluding hydrogens is 346 g/mol. The van der Waals surface area contributed by atoms with E-state index in [2.05, 4.69) is 17.0 Å². The summed E-state index contributed by atoms with van der Waals surface area (Å²) in [6, 6.07) is 7.36. The van der Waals surface area contributed by atoms with Crippen molar-refractivity contribution >= 4 is 28.5 Å². The SMILES string of the molecule is CC(=O)Sc1ncnn1CC(O)(c1ccccc1Cl)C(C)C1CC1. The fraction of sp³-hybridized carbons (Fsp3) is 0.471. The number of aliphatic hydroxyl groups is 1. The largest absolute Gasteiger partial charge is 0.383 e. The third kappa shape index (κ3) is 3.50. The molecule has 2 unspecified atom stereocenters. The van der Waals surface area contributed by atoms with Crippen LogP contribution in [0.5, 0.6) is 0 Å². The van der Waals surface area contributed by atoms with E-state index in [4.69, 9.17) is 11.6 Å². The zero-order chi connectivity index (χ0) is 17.3. The fourth-order valence-corrected chi connectivity index (χ4v) is 3.94. The van der Waals surface area contributed by atoms with Crippen LogP contribution in [-0.2, 0) is 16.9 Å². The Morgan fingerprint density at radius 1 is 1.50 bits per heavy atom. The second kappa shape index (κ2) is 6.86. The highest BCUT2D eigenvalue weighted by Crippen LogP contribution is 2.48. The lowest BCUT2D eigenvalue weighted by molar-refractivity contribution is -0.109. The highest BCUT2D eigenvalue weighted by Gasteiger charge is 2.45. The molecule has 2 aromatic rings. The van der Waals surface area contributed by atoms with Crippen molar-refractivity contribution in [1.82, 2.24) is 14.8 Å². The lowest BCUT2D eigenvalue weighted by Gasteiger charge is -2.35. The van der Waals surface area contributed by atoms with Crippen LogP contribution < -0.4 is 0 Å². The van der Waals surface area contributed by atoms with Crippen LogP contribution in [0.4, 0.5) is 0 Å². The van der Waals surface area contributed by atoms with Crippen molar-refractivity contribution in [3.05, 3.63) is 41.2 Å². The van der Waals surface area contributed by atoms with Gasteiger partial charge in [-0.25, -0.2) is 9.67 Å². The number of carbonyl (C=O) groups is 1. The van der Waals surface area contributed by atoms with E-state index in [1.165, 1.54) is 13.3 Å². The van der Waals surface area contributed by atoms with E-state index in [1.807, 2.05) is 18.2 Å². The molecule has 1 aliphatic carbocycles. The zero-order valence-corrected chi connectivity index (χ0v) is 15.2. The third-order valence-corrected chi connectivity index (χ3v) is 5.74. The Morgan fingerprint density at radius 2 is 2.21 bits per heavy atom. The average Bonchev–Trinajstić information content (AvgIpc) is 3.30. The Labute approximate surface area is 150 Å². The predicted octanol–water partition coefficient (Wildman–Crippen LogP) is 3.50. The Balaban J connectivity index is 1.98. The average molecular weight is 366 g/mol. The summed E-state index contributed by atoms with van der Waals surface area (Å²) in [6.45, 7) is 3.75. The van der Waals surface area contributed by atoms with Gasteiger partial charge in [-0.1, -0.05) is 36.7 Å². The number of carbonyl (C=O) groups excluding carboxylic acids is 1. The topological polar surface area (TPSA) is 68.0 Å². The van der Waals surface area contributed by atoms with Crippen LogP contribution in [0.3, 0.4) is 0 Å². The van der Waals surface area contributed by atoms with E-state index in [0.29, 0.717) is 21.7 Å². The minimum Gasteiger partial charge on any atom is -0.383 e. The lowest BCUT2D eigenvalue weighted by atomic mass is 9.79. The molecule has 5 nitrogen and oxygen atoms in total. The van der Waals surface area contributed by atoms with Gasteiger partial charge in [-0.15, -0.1) is 0 Å². The van der Waals surface area contributed by atoms with Crippen LogP contribution in [0.1, 0.15) is 32.3 Å². The van der Waals surface area contributed by atoms with Gasteiger partial charge in [0.2, 0.25) is 0 Å². The molecule has 24 heavy (non-hydrogen) atoms. The normalized spacial score (nSPS) is 18.2. The minimum absolute atomic E-state index is 0.0248. The first-order valence-electron chi connectivity index (χ1n) is 7.95. The molecule has 1 fully saturated rings. The van der Waals surface area contributed by atoms with Crippen molar-refractivity contribution in [2.75, 3.05) is 0 Å². The zero-order valence-electron chi connectivity index (χ0n) is 13.6. The standard InChI is InChI=1S/C17H20ClN3O2S/c1-11(13-7-8-13)17(23,14-5-3-4-6-15(14)18)9-21-16(19-10-20-21)24-12(2)22/h3-6,10-11,13,23H,7-9H2,1-2H3. The molecular formula is C17H20ClN3O2S. The van der Waals surface area contributed by atoms with E-state index in [-0.39, 0.29) is 17.6 Å². The van der Waals surface area contributed by atoms with E-state index < -0.39 is 5.60 Å². The maximum atomic E-state index is 11.6. The number of aromatic nitrogens is 3. The van der Waals surface area contributed by atoms with Crippen LogP contribution in [0.25, 0.3) is 0 Å². The van der Waals surface area contributed by atoms with Gasteiger partial charge in [0.15, 0.2) is 10.3 Å². The van der Waals surface area contributed by atoms with E-state index in [0.717, 1.165) is 24.6 Å². The predicted molar refractivity (Wildman–Crippen MR) is 93.8 cm³/mol. The second-order valence-electron chi connectivity index (χ2n) is 6.32. The van der Waals surface area contributed by atoms with Crippen molar-refractivity contribution in [3.8, 4) is 0 Å². The van der Waals surface area contributed by atoms with E-state index in [1.54, 1.807) is 10.7 Å². The van der Waals surface area contributed by atoms with E-state index >= 15 is 0 Å². The van der Waals surface area contributed by atoms with Gasteiger partial charge < -0.3 is 5.11 Å². The number of thioether (sulfide) groups is 1. The highest BCUT2D eigenvalue weighted by molar-refractivity contribution is 8.13. The number of benzene rings is 1. The molecule has 7 heteroatoms. The molecule has 1 N–H and O–H groups in total. The molecule has 1 saturated carbocycles. The van der Waals surface area contributed by atoms with Crippen LogP contribution in [-0.4, -0.2) is 25.0 Å². The van der Waals surface area contributed by atoms with E-state index in [9.17, 15) is 9.90 Å². The summed E-state index contributed by atoms with van der Waals surface area (Å²) in [6.07, 6.45) is 3.63. The van der Waals surface area contributed by atoms with Crippen LogP contribution in [0, 0.1) is 11.8 Å². The number of halogens is 1. The van der Waals surface area contributed by atoms with Gasteiger partial charge in [0.1, 0.15) is 11.9 Å². The molecule has 3 rings (SSSR count). The smallest absolute Gasteiger partial charge is 0.193 e. The summed E-state index contributed by atoms with van der Waals surface area (Å²) >= 11 is 7.39. The van der Waals surface area contributed by atoms with Crippen molar-refractivity contribution in [2.24, 2.45) is 11.8 Å². The Morgan fingerprint density at radius 3 is 2.83 bits per heavy atom. The molecule has 1 aliphatic rings. The van der Waals surface area contributed by atoms with Gasteiger partial charge in [-0.05, 0) is 42.5 Å². The molecule has 0 aliphatic heterocycles. The van der Waals surface area contributed by atoms with Crippen LogP contribution >= 0.6 is 23.4 Å².